The smallest absolute Gasteiger partial charge is 0.339 e. The van der Waals surface area contributed by atoms with Crippen molar-refractivity contribution in [1.82, 2.24) is 0 Å². The summed E-state index contributed by atoms with van der Waals surface area (Å²) >= 11 is 0. The Kier molecular flexibility index (Phi) is 41.5. The molecule has 1 aromatic carbocycles. The zero-order valence-corrected chi connectivity index (χ0v) is 38.0. The Labute approximate surface area is 356 Å². The summed E-state index contributed by atoms with van der Waals surface area (Å²) in [4.78, 5) is 48.1. The van der Waals surface area contributed by atoms with Gasteiger partial charge in [-0.3, -0.25) is 9.59 Å². The summed E-state index contributed by atoms with van der Waals surface area (Å²) in [5.74, 6) is -0.977. The third-order valence-corrected chi connectivity index (χ3v) is 10.4. The van der Waals surface area contributed by atoms with Crippen molar-refractivity contribution >= 4 is 23.9 Å². The van der Waals surface area contributed by atoms with Crippen LogP contribution in [0.25, 0.3) is 0 Å². The standard InChI is InChI=1S/C26H50O4.C24H38O4/c1-3-5-7-9-15-19-23-29-25(27)21-17-13-11-12-14-18-22-26(28)30-24-20-16-10-8-6-4-2;1-3-5-7-9-11-15-19-27-23(25)21-17-13-14-18-22(21)24(26)28-20-16-12-10-8-6-4-2/h3-24H2,1-2H3;13-14,17-18H,3-12,15-16,19-20H2,1-2H3. The van der Waals surface area contributed by atoms with E-state index < -0.39 is 11.9 Å². The van der Waals surface area contributed by atoms with Gasteiger partial charge in [0.2, 0.25) is 0 Å². The van der Waals surface area contributed by atoms with Gasteiger partial charge in [-0.1, -0.05) is 194 Å². The van der Waals surface area contributed by atoms with Crippen LogP contribution in [0.1, 0.15) is 254 Å². The van der Waals surface area contributed by atoms with Gasteiger partial charge in [0.1, 0.15) is 0 Å². The predicted molar refractivity (Wildman–Crippen MR) is 239 cm³/mol. The Morgan fingerprint density at radius 3 is 0.862 bits per heavy atom. The third-order valence-electron chi connectivity index (χ3n) is 10.4. The van der Waals surface area contributed by atoms with Crippen LogP contribution in [0, 0.1) is 0 Å². The van der Waals surface area contributed by atoms with Crippen molar-refractivity contribution in [2.75, 3.05) is 26.4 Å². The van der Waals surface area contributed by atoms with Crippen LogP contribution in [-0.2, 0) is 28.5 Å². The van der Waals surface area contributed by atoms with E-state index in [-0.39, 0.29) is 11.9 Å². The van der Waals surface area contributed by atoms with Crippen molar-refractivity contribution in [3.63, 3.8) is 0 Å². The summed E-state index contributed by atoms with van der Waals surface area (Å²) in [6.07, 6.45) is 35.5. The van der Waals surface area contributed by atoms with E-state index in [9.17, 15) is 19.2 Å². The van der Waals surface area contributed by atoms with E-state index in [0.29, 0.717) is 50.4 Å². The van der Waals surface area contributed by atoms with Crippen molar-refractivity contribution in [3.8, 4) is 0 Å². The SMILES string of the molecule is CCCCCCCCOC(=O)CCCCCCCCC(=O)OCCCCCCCC.CCCCCCCCOC(=O)c1ccccc1C(=O)OCCCCCCCC. The molecule has 1 rings (SSSR count). The molecule has 8 heteroatoms. The largest absolute Gasteiger partial charge is 0.466 e. The summed E-state index contributed by atoms with van der Waals surface area (Å²) in [5, 5.41) is 0. The molecule has 58 heavy (non-hydrogen) atoms. The highest BCUT2D eigenvalue weighted by molar-refractivity contribution is 6.03. The van der Waals surface area contributed by atoms with Gasteiger partial charge < -0.3 is 18.9 Å². The minimum atomic E-state index is -0.444. The van der Waals surface area contributed by atoms with Crippen LogP contribution >= 0.6 is 0 Å². The fraction of sp³-hybridized carbons (Fsp3) is 0.800. The third kappa shape index (κ3) is 36.2. The summed E-state index contributed by atoms with van der Waals surface area (Å²) in [6, 6.07) is 6.74. The number of rotatable bonds is 39. The maximum Gasteiger partial charge on any atom is 0.339 e. The van der Waals surface area contributed by atoms with Crippen LogP contribution in [0.3, 0.4) is 0 Å². The van der Waals surface area contributed by atoms with E-state index in [1.54, 1.807) is 24.3 Å². The average Bonchev–Trinajstić information content (AvgIpc) is 3.23. The second kappa shape index (κ2) is 43.7. The molecular weight excluding hydrogens is 729 g/mol. The fourth-order valence-electron chi connectivity index (χ4n) is 6.62. The van der Waals surface area contributed by atoms with E-state index in [4.69, 9.17) is 18.9 Å². The van der Waals surface area contributed by atoms with Gasteiger partial charge in [0.25, 0.3) is 0 Å². The number of hydrogen-bond acceptors (Lipinski definition) is 8. The Balaban J connectivity index is 0.00000112. The summed E-state index contributed by atoms with van der Waals surface area (Å²) in [5.41, 5.74) is 0.586. The van der Waals surface area contributed by atoms with Gasteiger partial charge >= 0.3 is 23.9 Å². The lowest BCUT2D eigenvalue weighted by Crippen LogP contribution is -2.15. The molecule has 0 bridgehead atoms. The molecule has 8 nitrogen and oxygen atoms in total. The summed E-state index contributed by atoms with van der Waals surface area (Å²) < 4.78 is 21.3. The van der Waals surface area contributed by atoms with Gasteiger partial charge in [-0.2, -0.15) is 0 Å². The van der Waals surface area contributed by atoms with Crippen LogP contribution in [0.5, 0.6) is 0 Å². The molecule has 0 saturated heterocycles. The van der Waals surface area contributed by atoms with Gasteiger partial charge in [-0.05, 0) is 50.7 Å². The first-order valence-corrected chi connectivity index (χ1v) is 24.2. The van der Waals surface area contributed by atoms with Gasteiger partial charge in [0.15, 0.2) is 0 Å². The number of carbonyl (C=O) groups is 4. The average molecular weight is 817 g/mol. The number of carbonyl (C=O) groups excluding carboxylic acids is 4. The normalized spacial score (nSPS) is 10.8. The molecule has 0 unspecified atom stereocenters. The van der Waals surface area contributed by atoms with Gasteiger partial charge in [0, 0.05) is 12.8 Å². The number of ether oxygens (including phenoxy) is 4. The van der Waals surface area contributed by atoms with E-state index in [2.05, 4.69) is 27.7 Å². The van der Waals surface area contributed by atoms with Gasteiger partial charge in [-0.15, -0.1) is 0 Å². The number of esters is 4. The summed E-state index contributed by atoms with van der Waals surface area (Å²) in [7, 11) is 0. The molecule has 0 aliphatic heterocycles. The van der Waals surface area contributed by atoms with Crippen LogP contribution in [0.2, 0.25) is 0 Å². The molecule has 0 aliphatic carbocycles. The van der Waals surface area contributed by atoms with Crippen molar-refractivity contribution < 1.29 is 38.1 Å². The first kappa shape index (κ1) is 55.1. The first-order chi connectivity index (χ1) is 28.4. The molecule has 0 heterocycles. The predicted octanol–water partition coefficient (Wildman–Crippen LogP) is 14.6. The number of unbranched alkanes of at least 4 members (excludes halogenated alkanes) is 25. The second-order valence-corrected chi connectivity index (χ2v) is 16.0. The number of hydrogen-bond donors (Lipinski definition) is 0. The first-order valence-electron chi connectivity index (χ1n) is 24.2. The van der Waals surface area contributed by atoms with E-state index in [0.717, 1.165) is 77.0 Å². The van der Waals surface area contributed by atoms with Crippen molar-refractivity contribution in [2.45, 2.75) is 233 Å². The molecule has 0 fully saturated rings. The Bertz CT molecular complexity index is 1020. The maximum atomic E-state index is 12.4. The van der Waals surface area contributed by atoms with E-state index in [1.165, 1.54) is 116 Å². The topological polar surface area (TPSA) is 105 Å². The molecule has 0 aromatic heterocycles. The molecule has 0 saturated carbocycles. The van der Waals surface area contributed by atoms with Crippen LogP contribution < -0.4 is 0 Å². The quantitative estimate of drug-likeness (QED) is 0.0367. The molecule has 0 atom stereocenters. The highest BCUT2D eigenvalue weighted by Gasteiger charge is 2.19. The second-order valence-electron chi connectivity index (χ2n) is 16.0. The molecular formula is C50H88O8. The lowest BCUT2D eigenvalue weighted by Gasteiger charge is -2.10. The lowest BCUT2D eigenvalue weighted by molar-refractivity contribution is -0.144. The van der Waals surface area contributed by atoms with Crippen molar-refractivity contribution in [1.29, 1.82) is 0 Å². The maximum absolute atomic E-state index is 12.4. The monoisotopic (exact) mass is 817 g/mol. The van der Waals surface area contributed by atoms with E-state index >= 15 is 0 Å². The van der Waals surface area contributed by atoms with Crippen molar-refractivity contribution in [3.05, 3.63) is 35.4 Å². The molecule has 1 aromatic rings. The van der Waals surface area contributed by atoms with Crippen LogP contribution in [-0.4, -0.2) is 50.3 Å². The zero-order valence-electron chi connectivity index (χ0n) is 38.0. The molecule has 0 aliphatic rings. The molecule has 0 spiro atoms. The minimum Gasteiger partial charge on any atom is -0.466 e. The lowest BCUT2D eigenvalue weighted by atomic mass is 10.1. The van der Waals surface area contributed by atoms with Gasteiger partial charge in [0.05, 0.1) is 37.6 Å². The summed E-state index contributed by atoms with van der Waals surface area (Å²) in [6.45, 7) is 10.8. The van der Waals surface area contributed by atoms with E-state index in [1.807, 2.05) is 0 Å². The zero-order chi connectivity index (χ0) is 42.6. The Hall–Kier alpha value is -2.90. The Morgan fingerprint density at radius 2 is 0.569 bits per heavy atom. The number of benzene rings is 1. The van der Waals surface area contributed by atoms with Crippen molar-refractivity contribution in [2.24, 2.45) is 0 Å². The van der Waals surface area contributed by atoms with Gasteiger partial charge in [-0.25, -0.2) is 9.59 Å². The minimum absolute atomic E-state index is 0.0448. The van der Waals surface area contributed by atoms with Crippen LogP contribution in [0.15, 0.2) is 24.3 Å². The molecule has 0 amide bonds. The highest BCUT2D eigenvalue weighted by Crippen LogP contribution is 2.15. The highest BCUT2D eigenvalue weighted by atomic mass is 16.5. The molecule has 0 N–H and O–H groups in total. The fourth-order valence-corrected chi connectivity index (χ4v) is 6.62. The Morgan fingerprint density at radius 1 is 0.328 bits per heavy atom. The molecule has 336 valence electrons. The van der Waals surface area contributed by atoms with Crippen LogP contribution in [0.4, 0.5) is 0 Å². The molecule has 0 radical (unpaired) electrons.